The van der Waals surface area contributed by atoms with Gasteiger partial charge in [0.15, 0.2) is 0 Å². The zero-order valence-corrected chi connectivity index (χ0v) is 12.7. The quantitative estimate of drug-likeness (QED) is 0.445. The molecule has 0 aromatic heterocycles. The van der Waals surface area contributed by atoms with Crippen LogP contribution in [0.5, 0.6) is 0 Å². The molecule has 1 saturated carbocycles. The summed E-state index contributed by atoms with van der Waals surface area (Å²) in [6.45, 7) is 5.91. The molecule has 0 saturated heterocycles. The van der Waals surface area contributed by atoms with E-state index in [2.05, 4.69) is 6.92 Å². The largest absolute Gasteiger partial charge is 2.00 e. The van der Waals surface area contributed by atoms with Crippen molar-refractivity contribution in [2.75, 3.05) is 0 Å². The van der Waals surface area contributed by atoms with E-state index in [4.69, 9.17) is 0 Å². The van der Waals surface area contributed by atoms with Gasteiger partial charge in [-0.15, -0.1) is 0 Å². The molecule has 0 amide bonds. The van der Waals surface area contributed by atoms with Gasteiger partial charge in [0, 0.05) is 0 Å². The maximum absolute atomic E-state index is 10.3. The van der Waals surface area contributed by atoms with Crippen molar-refractivity contribution in [3.8, 4) is 0 Å². The molecule has 4 heteroatoms. The molecule has 0 aliphatic heterocycles. The summed E-state index contributed by atoms with van der Waals surface area (Å²) >= 11 is 0. The Labute approximate surface area is 123 Å². The van der Waals surface area contributed by atoms with Crippen molar-refractivity contribution in [1.29, 1.82) is 0 Å². The first-order valence-electron chi connectivity index (χ1n) is 6.08. The molecule has 1 aromatic rings. The first-order valence-corrected chi connectivity index (χ1v) is 7.16. The third-order valence-corrected chi connectivity index (χ3v) is 3.60. The molecule has 0 atom stereocenters. The van der Waals surface area contributed by atoms with Crippen molar-refractivity contribution in [2.24, 2.45) is 5.92 Å². The summed E-state index contributed by atoms with van der Waals surface area (Å²) < 4.78 is 20.6. The molecule has 101 valence electrons. The maximum Gasteiger partial charge on any atom is 2.00 e. The van der Waals surface area contributed by atoms with Crippen LogP contribution in [-0.2, 0) is 36.2 Å². The summed E-state index contributed by atoms with van der Waals surface area (Å²) in [7, 11) is -2.09. The second kappa shape index (κ2) is 9.60. The third kappa shape index (κ3) is 7.20. The van der Waals surface area contributed by atoms with Crippen LogP contribution in [0.15, 0.2) is 29.2 Å². The maximum atomic E-state index is 10.3. The van der Waals surface area contributed by atoms with Crippen LogP contribution in [0.3, 0.4) is 0 Å². The predicted octanol–water partition coefficient (Wildman–Crippen LogP) is 4.06. The van der Waals surface area contributed by atoms with Gasteiger partial charge in [-0.2, -0.15) is 5.92 Å². The van der Waals surface area contributed by atoms with E-state index in [1.165, 1.54) is 32.1 Å². The Morgan fingerprint density at radius 1 is 1.06 bits per heavy atom. The molecule has 0 N–H and O–H groups in total. The topological polar surface area (TPSA) is 34.1 Å². The molecule has 0 heterocycles. The summed E-state index contributed by atoms with van der Waals surface area (Å²) in [6, 6.07) is 6.70. The van der Waals surface area contributed by atoms with E-state index < -0.39 is 10.7 Å². The molecular weight excluding hydrogens is 287 g/mol. The monoisotopic (exact) mass is 307 g/mol. The van der Waals surface area contributed by atoms with E-state index in [1.54, 1.807) is 24.3 Å². The number of hydrogen-bond acceptors (Lipinski definition) is 3. The van der Waals surface area contributed by atoms with Crippen LogP contribution in [0.2, 0.25) is 0 Å². The van der Waals surface area contributed by atoms with Crippen molar-refractivity contribution < 1.29 is 25.5 Å². The number of hydrogen-bond donors (Lipinski definition) is 0. The van der Waals surface area contributed by atoms with Gasteiger partial charge >= 0.3 is 17.1 Å². The first kappa shape index (κ1) is 17.7. The zero-order chi connectivity index (χ0) is 12.7. The normalized spacial score (nSPS) is 15.5. The molecule has 1 fully saturated rings. The van der Waals surface area contributed by atoms with Crippen molar-refractivity contribution in [2.45, 2.75) is 43.9 Å². The van der Waals surface area contributed by atoms with E-state index in [-0.39, 0.29) is 17.1 Å². The van der Waals surface area contributed by atoms with Crippen molar-refractivity contribution in [3.63, 3.8) is 0 Å². The molecule has 0 unspecified atom stereocenters. The zero-order valence-electron chi connectivity index (χ0n) is 10.7. The molecule has 2 rings (SSSR count). The van der Waals surface area contributed by atoms with Crippen molar-refractivity contribution >= 4 is 10.7 Å². The molecule has 1 radical (unpaired) electrons. The Bertz CT molecular complexity index is 385. The minimum Gasteiger partial charge on any atom is -0.420 e. The van der Waals surface area contributed by atoms with E-state index >= 15 is 0 Å². The Kier molecular flexibility index (Phi) is 9.43. The Morgan fingerprint density at radius 2 is 1.56 bits per heavy atom. The van der Waals surface area contributed by atoms with Gasteiger partial charge in [0.05, 0.1) is 0 Å². The van der Waals surface area contributed by atoms with Crippen LogP contribution in [0.25, 0.3) is 0 Å². The van der Waals surface area contributed by atoms with Gasteiger partial charge in [0.2, 0.25) is 0 Å². The Hall–Kier alpha value is -0.311. The van der Waals surface area contributed by atoms with Crippen LogP contribution >= 0.6 is 0 Å². The van der Waals surface area contributed by atoms with Gasteiger partial charge in [-0.1, -0.05) is 66.8 Å². The smallest absolute Gasteiger partial charge is 0.420 e. The van der Waals surface area contributed by atoms with Gasteiger partial charge in [0.1, 0.15) is 0 Å². The van der Waals surface area contributed by atoms with E-state index in [9.17, 15) is 8.42 Å². The van der Waals surface area contributed by atoms with Crippen LogP contribution in [0.1, 0.15) is 37.7 Å². The van der Waals surface area contributed by atoms with Gasteiger partial charge in [-0.25, -0.2) is 0 Å². The second-order valence-corrected chi connectivity index (χ2v) is 5.49. The summed E-state index contributed by atoms with van der Waals surface area (Å²) in [5.41, 5.74) is 1.06. The molecule has 18 heavy (non-hydrogen) atoms. The minimum absolute atomic E-state index is 0. The summed E-state index contributed by atoms with van der Waals surface area (Å²) in [6.07, 6.45) is 7.05. The fourth-order valence-corrected chi connectivity index (χ4v) is 2.19. The van der Waals surface area contributed by atoms with Gasteiger partial charge in [-0.05, 0) is 17.6 Å². The molecule has 1 aromatic carbocycles. The van der Waals surface area contributed by atoms with Crippen LogP contribution in [0, 0.1) is 19.8 Å². The molecule has 0 bridgehead atoms. The van der Waals surface area contributed by atoms with Gasteiger partial charge in [0.25, 0.3) is 0 Å². The van der Waals surface area contributed by atoms with Crippen molar-refractivity contribution in [1.82, 2.24) is 0 Å². The molecular formula is C14H20MnO2S. The van der Waals surface area contributed by atoms with E-state index in [0.29, 0.717) is 4.90 Å². The Balaban J connectivity index is 0.000000321. The number of aryl methyl sites for hydroxylation is 1. The van der Waals surface area contributed by atoms with E-state index in [0.717, 1.165) is 11.5 Å². The van der Waals surface area contributed by atoms with E-state index in [1.807, 2.05) is 6.92 Å². The fraction of sp³-hybridized carbons (Fsp3) is 0.500. The summed E-state index contributed by atoms with van der Waals surface area (Å²) in [5, 5.41) is 0. The van der Waals surface area contributed by atoms with Crippen LogP contribution in [0.4, 0.5) is 0 Å². The standard InChI is InChI=1S/C7H7O2S.C7H13.Mn/c1-6-2-4-7(5-3-6)10(8)9;1-7-5-3-2-4-6-7;/h2-5H,1H3;7H,1-6H2;/q2*-1;+2. The Morgan fingerprint density at radius 3 is 1.89 bits per heavy atom. The molecule has 0 spiro atoms. The van der Waals surface area contributed by atoms with Crippen molar-refractivity contribution in [3.05, 3.63) is 36.8 Å². The van der Waals surface area contributed by atoms with Gasteiger partial charge in [-0.3, -0.25) is 0 Å². The van der Waals surface area contributed by atoms with Crippen LogP contribution < -0.4 is 0 Å². The average Bonchev–Trinajstić information content (AvgIpc) is 2.31. The minimum atomic E-state index is -2.09. The predicted molar refractivity (Wildman–Crippen MR) is 70.1 cm³/mol. The summed E-state index contributed by atoms with van der Waals surface area (Å²) in [4.78, 5) is 0.339. The van der Waals surface area contributed by atoms with Gasteiger partial charge < -0.3 is 15.3 Å². The molecule has 1 aliphatic rings. The molecule has 2 nitrogen and oxygen atoms in total. The van der Waals surface area contributed by atoms with Crippen LogP contribution in [-0.4, -0.2) is 0 Å². The third-order valence-electron chi connectivity index (χ3n) is 2.94. The molecule has 1 aliphatic carbocycles. The SMILES string of the molecule is Cc1ccc([S-](=O)=O)cc1.[CH2-]C1CCCCC1.[Mn+2]. The number of benzene rings is 1. The average molecular weight is 307 g/mol. The second-order valence-electron chi connectivity index (χ2n) is 4.55. The summed E-state index contributed by atoms with van der Waals surface area (Å²) in [5.74, 6) is 0.786. The first-order chi connectivity index (χ1) is 8.09. The fourth-order valence-electron chi connectivity index (χ4n) is 1.84. The number of rotatable bonds is 1.